The van der Waals surface area contributed by atoms with E-state index >= 15 is 0 Å². The van der Waals surface area contributed by atoms with E-state index in [0.717, 1.165) is 32.0 Å². The highest BCUT2D eigenvalue weighted by Gasteiger charge is 2.34. The second-order valence-corrected chi connectivity index (χ2v) is 6.67. The lowest BCUT2D eigenvalue weighted by Crippen LogP contribution is -2.53. The highest BCUT2D eigenvalue weighted by atomic mass is 16.5. The van der Waals surface area contributed by atoms with Gasteiger partial charge in [0.15, 0.2) is 0 Å². The van der Waals surface area contributed by atoms with E-state index in [1.807, 2.05) is 0 Å². The summed E-state index contributed by atoms with van der Waals surface area (Å²) in [6.07, 6.45) is 3.12. The van der Waals surface area contributed by atoms with Gasteiger partial charge in [-0.3, -0.25) is 4.90 Å². The Bertz CT molecular complexity index is 241. The lowest BCUT2D eigenvalue weighted by molar-refractivity contribution is -0.0726. The summed E-state index contributed by atoms with van der Waals surface area (Å²) in [5.41, 5.74) is 0.424. The van der Waals surface area contributed by atoms with Crippen LogP contribution in [0.3, 0.4) is 0 Å². The van der Waals surface area contributed by atoms with Crippen molar-refractivity contribution < 1.29 is 9.84 Å². The molecule has 0 aromatic heterocycles. The second-order valence-electron chi connectivity index (χ2n) is 6.67. The molecule has 3 nitrogen and oxygen atoms in total. The summed E-state index contributed by atoms with van der Waals surface area (Å²) in [7, 11) is 0. The predicted octanol–water partition coefficient (Wildman–Crippen LogP) is 1.89. The van der Waals surface area contributed by atoms with Crippen LogP contribution in [0, 0.1) is 11.3 Å². The average molecular weight is 241 g/mol. The topological polar surface area (TPSA) is 32.7 Å². The van der Waals surface area contributed by atoms with Gasteiger partial charge >= 0.3 is 0 Å². The molecule has 2 aliphatic rings. The van der Waals surface area contributed by atoms with E-state index in [4.69, 9.17) is 4.74 Å². The van der Waals surface area contributed by atoms with E-state index in [2.05, 4.69) is 25.7 Å². The van der Waals surface area contributed by atoms with Crippen molar-refractivity contribution in [3.63, 3.8) is 0 Å². The van der Waals surface area contributed by atoms with Gasteiger partial charge in [-0.25, -0.2) is 0 Å². The molecule has 0 aliphatic carbocycles. The highest BCUT2D eigenvalue weighted by Crippen LogP contribution is 2.35. The summed E-state index contributed by atoms with van der Waals surface area (Å²) in [5, 5.41) is 10.0. The van der Waals surface area contributed by atoms with Gasteiger partial charge in [0.2, 0.25) is 0 Å². The Morgan fingerprint density at radius 2 is 1.76 bits per heavy atom. The van der Waals surface area contributed by atoms with Crippen LogP contribution >= 0.6 is 0 Å². The van der Waals surface area contributed by atoms with Gasteiger partial charge in [-0.2, -0.15) is 0 Å². The lowest BCUT2D eigenvalue weighted by atomic mass is 9.75. The number of nitrogens with zero attached hydrogens (tertiary/aromatic N) is 1. The van der Waals surface area contributed by atoms with E-state index in [0.29, 0.717) is 12.0 Å². The van der Waals surface area contributed by atoms with Crippen molar-refractivity contribution in [1.29, 1.82) is 0 Å². The molecule has 2 rings (SSSR count). The molecular weight excluding hydrogens is 214 g/mol. The van der Waals surface area contributed by atoms with E-state index in [1.165, 1.54) is 12.8 Å². The summed E-state index contributed by atoms with van der Waals surface area (Å²) < 4.78 is 5.50. The molecule has 0 bridgehead atoms. The molecule has 2 unspecified atom stereocenters. The predicted molar refractivity (Wildman–Crippen MR) is 69.0 cm³/mol. The van der Waals surface area contributed by atoms with Crippen LogP contribution in [0.1, 0.15) is 40.0 Å². The Morgan fingerprint density at radius 1 is 1.12 bits per heavy atom. The molecule has 0 radical (unpaired) electrons. The minimum absolute atomic E-state index is 0.185. The van der Waals surface area contributed by atoms with Crippen LogP contribution in [0.2, 0.25) is 0 Å². The summed E-state index contributed by atoms with van der Waals surface area (Å²) >= 11 is 0. The van der Waals surface area contributed by atoms with Crippen LogP contribution in [0.4, 0.5) is 0 Å². The second kappa shape index (κ2) is 5.25. The highest BCUT2D eigenvalue weighted by molar-refractivity contribution is 4.87. The number of ether oxygens (including phenoxy) is 1. The Balaban J connectivity index is 1.86. The molecule has 0 spiro atoms. The number of aliphatic hydroxyl groups is 1. The average Bonchev–Trinajstić information content (AvgIpc) is 2.29. The fourth-order valence-corrected chi connectivity index (χ4v) is 3.16. The monoisotopic (exact) mass is 241 g/mol. The van der Waals surface area contributed by atoms with Crippen LogP contribution in [0.15, 0.2) is 0 Å². The third-order valence-corrected chi connectivity index (χ3v) is 4.51. The third kappa shape index (κ3) is 3.21. The first-order chi connectivity index (χ1) is 7.98. The number of hydrogen-bond donors (Lipinski definition) is 1. The van der Waals surface area contributed by atoms with Crippen molar-refractivity contribution in [1.82, 2.24) is 4.90 Å². The van der Waals surface area contributed by atoms with Gasteiger partial charge in [-0.15, -0.1) is 0 Å². The maximum absolute atomic E-state index is 10.0. The van der Waals surface area contributed by atoms with Crippen molar-refractivity contribution in [3.05, 3.63) is 0 Å². The molecule has 2 aliphatic heterocycles. The Hall–Kier alpha value is -0.120. The molecule has 3 heteroatoms. The summed E-state index contributed by atoms with van der Waals surface area (Å²) in [5.74, 6) is 0.820. The number of aliphatic hydroxyl groups excluding tert-OH is 1. The van der Waals surface area contributed by atoms with Gasteiger partial charge < -0.3 is 9.84 Å². The smallest absolute Gasteiger partial charge is 0.0739 e. The summed E-state index contributed by atoms with van der Waals surface area (Å²) in [6.45, 7) is 10.7. The zero-order valence-electron chi connectivity index (χ0n) is 11.5. The number of rotatable bonds is 1. The maximum atomic E-state index is 10.0. The standard InChI is InChI=1S/C14H27NO2/c1-14(2,3)11-4-7-15(8-5-11)12-10-17-9-6-13(12)16/h11-13,16H,4-10H2,1-3H3. The first-order valence-electron chi connectivity index (χ1n) is 6.98. The first-order valence-corrected chi connectivity index (χ1v) is 6.98. The molecule has 2 fully saturated rings. The van der Waals surface area contributed by atoms with Crippen LogP contribution in [0.25, 0.3) is 0 Å². The number of hydrogen-bond acceptors (Lipinski definition) is 3. The zero-order chi connectivity index (χ0) is 12.5. The molecule has 100 valence electrons. The quantitative estimate of drug-likeness (QED) is 0.761. The van der Waals surface area contributed by atoms with Crippen LogP contribution in [-0.2, 0) is 4.74 Å². The lowest BCUT2D eigenvalue weighted by Gasteiger charge is -2.44. The van der Waals surface area contributed by atoms with Crippen molar-refractivity contribution in [2.45, 2.75) is 52.2 Å². The molecular formula is C14H27NO2. The van der Waals surface area contributed by atoms with Crippen LogP contribution in [-0.4, -0.2) is 48.5 Å². The number of piperidine rings is 1. The molecule has 17 heavy (non-hydrogen) atoms. The SMILES string of the molecule is CC(C)(C)C1CCN(C2COCCC2O)CC1. The van der Waals surface area contributed by atoms with Crippen molar-refractivity contribution in [3.8, 4) is 0 Å². The minimum Gasteiger partial charge on any atom is -0.391 e. The fraction of sp³-hybridized carbons (Fsp3) is 1.00. The van der Waals surface area contributed by atoms with Crippen molar-refractivity contribution in [2.75, 3.05) is 26.3 Å². The number of likely N-dealkylation sites (tertiary alicyclic amines) is 1. The summed E-state index contributed by atoms with van der Waals surface area (Å²) in [6, 6.07) is 0.240. The zero-order valence-corrected chi connectivity index (χ0v) is 11.5. The summed E-state index contributed by atoms with van der Waals surface area (Å²) in [4.78, 5) is 2.44. The van der Waals surface area contributed by atoms with Crippen molar-refractivity contribution in [2.24, 2.45) is 11.3 Å². The molecule has 2 saturated heterocycles. The largest absolute Gasteiger partial charge is 0.391 e. The Labute approximate surface area is 105 Å². The van der Waals surface area contributed by atoms with Crippen LogP contribution < -0.4 is 0 Å². The van der Waals surface area contributed by atoms with Gasteiger partial charge in [0, 0.05) is 6.61 Å². The minimum atomic E-state index is -0.185. The maximum Gasteiger partial charge on any atom is 0.0739 e. The van der Waals surface area contributed by atoms with Crippen molar-refractivity contribution >= 4 is 0 Å². The molecule has 2 atom stereocenters. The molecule has 2 heterocycles. The normalized spacial score (nSPS) is 33.9. The molecule has 0 aromatic rings. The fourth-order valence-electron chi connectivity index (χ4n) is 3.16. The first kappa shape index (κ1) is 13.3. The van der Waals surface area contributed by atoms with Gasteiger partial charge in [-0.05, 0) is 43.7 Å². The Kier molecular flexibility index (Phi) is 4.11. The molecule has 0 aromatic carbocycles. The van der Waals surface area contributed by atoms with E-state index in [-0.39, 0.29) is 12.1 Å². The van der Waals surface area contributed by atoms with Gasteiger partial charge in [0.25, 0.3) is 0 Å². The van der Waals surface area contributed by atoms with Gasteiger partial charge in [0.05, 0.1) is 18.8 Å². The van der Waals surface area contributed by atoms with E-state index in [1.54, 1.807) is 0 Å². The van der Waals surface area contributed by atoms with Gasteiger partial charge in [0.1, 0.15) is 0 Å². The van der Waals surface area contributed by atoms with E-state index in [9.17, 15) is 5.11 Å². The molecule has 1 N–H and O–H groups in total. The Morgan fingerprint density at radius 3 is 2.29 bits per heavy atom. The molecule has 0 saturated carbocycles. The van der Waals surface area contributed by atoms with Crippen LogP contribution in [0.5, 0.6) is 0 Å². The van der Waals surface area contributed by atoms with Gasteiger partial charge in [-0.1, -0.05) is 20.8 Å². The third-order valence-electron chi connectivity index (χ3n) is 4.51. The molecule has 0 amide bonds. The van der Waals surface area contributed by atoms with E-state index < -0.39 is 0 Å².